The average Bonchev–Trinajstić information content (AvgIpc) is 2.39. The van der Waals surface area contributed by atoms with Gasteiger partial charge < -0.3 is 5.73 Å². The van der Waals surface area contributed by atoms with Gasteiger partial charge in [-0.05, 0) is 43.4 Å². The van der Waals surface area contributed by atoms with E-state index in [1.165, 1.54) is 31.1 Å². The van der Waals surface area contributed by atoms with E-state index in [-0.39, 0.29) is 0 Å². The molecule has 21 heavy (non-hydrogen) atoms. The van der Waals surface area contributed by atoms with Crippen molar-refractivity contribution in [3.8, 4) is 0 Å². The summed E-state index contributed by atoms with van der Waals surface area (Å²) in [7, 11) is -3.11. The molecular formula is C16H24N2O2S. The van der Waals surface area contributed by atoms with Gasteiger partial charge in [0, 0.05) is 30.9 Å². The fourth-order valence-electron chi connectivity index (χ4n) is 3.83. The number of sulfone groups is 1. The summed E-state index contributed by atoms with van der Waals surface area (Å²) in [5.41, 5.74) is 7.34. The number of nitrogens with zero attached hydrogens (tertiary/aromatic N) is 1. The molecule has 2 atom stereocenters. The molecule has 2 N–H and O–H groups in total. The van der Waals surface area contributed by atoms with Crippen molar-refractivity contribution in [2.75, 3.05) is 6.26 Å². The van der Waals surface area contributed by atoms with E-state index in [0.29, 0.717) is 23.0 Å². The molecule has 0 spiro atoms. The Kier molecular flexibility index (Phi) is 4.08. The van der Waals surface area contributed by atoms with Crippen LogP contribution in [0.2, 0.25) is 0 Å². The lowest BCUT2D eigenvalue weighted by atomic mass is 9.82. The van der Waals surface area contributed by atoms with Crippen molar-refractivity contribution in [3.63, 3.8) is 0 Å². The number of piperidine rings is 2. The average molecular weight is 308 g/mol. The Morgan fingerprint density at radius 2 is 1.71 bits per heavy atom. The second kappa shape index (κ2) is 5.71. The lowest BCUT2D eigenvalue weighted by molar-refractivity contribution is 0.0245. The van der Waals surface area contributed by atoms with Crippen molar-refractivity contribution in [2.45, 2.75) is 61.7 Å². The number of fused-ring (bicyclic) bond motifs is 2. The molecule has 0 aromatic heterocycles. The molecule has 116 valence electrons. The van der Waals surface area contributed by atoms with Crippen LogP contribution in [0.1, 0.15) is 37.7 Å². The zero-order valence-electron chi connectivity index (χ0n) is 12.5. The van der Waals surface area contributed by atoms with E-state index in [0.717, 1.165) is 19.4 Å². The second-order valence-electron chi connectivity index (χ2n) is 6.56. The molecule has 4 nitrogen and oxygen atoms in total. The number of hydrogen-bond acceptors (Lipinski definition) is 4. The Morgan fingerprint density at radius 3 is 2.24 bits per heavy atom. The molecule has 2 saturated heterocycles. The van der Waals surface area contributed by atoms with Crippen LogP contribution < -0.4 is 5.73 Å². The van der Waals surface area contributed by atoms with Gasteiger partial charge in [-0.15, -0.1) is 0 Å². The first-order valence-corrected chi connectivity index (χ1v) is 9.63. The molecule has 0 aliphatic carbocycles. The molecule has 2 bridgehead atoms. The summed E-state index contributed by atoms with van der Waals surface area (Å²) in [6.45, 7) is 0.909. The molecule has 5 heteroatoms. The van der Waals surface area contributed by atoms with E-state index in [9.17, 15) is 8.42 Å². The maximum Gasteiger partial charge on any atom is 0.175 e. The van der Waals surface area contributed by atoms with Crippen LogP contribution in [0.25, 0.3) is 0 Å². The Labute approximate surface area is 127 Å². The molecule has 2 aliphatic rings. The van der Waals surface area contributed by atoms with Crippen molar-refractivity contribution in [1.29, 1.82) is 0 Å². The Balaban J connectivity index is 1.74. The van der Waals surface area contributed by atoms with E-state index in [4.69, 9.17) is 5.73 Å². The fraction of sp³-hybridized carbons (Fsp3) is 0.625. The van der Waals surface area contributed by atoms with Gasteiger partial charge in [0.25, 0.3) is 0 Å². The van der Waals surface area contributed by atoms with Crippen molar-refractivity contribution in [2.24, 2.45) is 5.73 Å². The summed E-state index contributed by atoms with van der Waals surface area (Å²) < 4.78 is 23.0. The third kappa shape index (κ3) is 3.30. The van der Waals surface area contributed by atoms with Crippen LogP contribution in [0.4, 0.5) is 0 Å². The van der Waals surface area contributed by atoms with E-state index in [1.54, 1.807) is 12.1 Å². The molecule has 1 aromatic rings. The minimum absolute atomic E-state index is 0.351. The molecular weight excluding hydrogens is 284 g/mol. The van der Waals surface area contributed by atoms with Gasteiger partial charge in [-0.25, -0.2) is 8.42 Å². The second-order valence-corrected chi connectivity index (χ2v) is 8.57. The van der Waals surface area contributed by atoms with Crippen LogP contribution >= 0.6 is 0 Å². The third-order valence-corrected chi connectivity index (χ3v) is 6.01. The monoisotopic (exact) mass is 308 g/mol. The Bertz CT molecular complexity index is 583. The van der Waals surface area contributed by atoms with Gasteiger partial charge in [0.05, 0.1) is 4.90 Å². The maximum atomic E-state index is 11.5. The van der Waals surface area contributed by atoms with Crippen molar-refractivity contribution in [3.05, 3.63) is 29.8 Å². The topological polar surface area (TPSA) is 63.4 Å². The first-order chi connectivity index (χ1) is 9.93. The molecule has 3 rings (SSSR count). The quantitative estimate of drug-likeness (QED) is 0.927. The lowest BCUT2D eigenvalue weighted by Gasteiger charge is -2.48. The SMILES string of the molecule is CS(=O)(=O)c1ccc(CN2C3CCCC2CC(N)C3)cc1. The summed E-state index contributed by atoms with van der Waals surface area (Å²) in [5.74, 6) is 0. The highest BCUT2D eigenvalue weighted by Crippen LogP contribution is 2.34. The van der Waals surface area contributed by atoms with Crippen LogP contribution in [0.15, 0.2) is 29.2 Å². The summed E-state index contributed by atoms with van der Waals surface area (Å²) in [4.78, 5) is 2.98. The minimum atomic E-state index is -3.11. The van der Waals surface area contributed by atoms with Crippen LogP contribution in [-0.2, 0) is 16.4 Å². The van der Waals surface area contributed by atoms with Crippen LogP contribution in [0.5, 0.6) is 0 Å². The zero-order chi connectivity index (χ0) is 15.0. The predicted molar refractivity (Wildman–Crippen MR) is 83.7 cm³/mol. The number of nitrogens with two attached hydrogens (primary N) is 1. The predicted octanol–water partition coefficient (Wildman–Crippen LogP) is 1.93. The standard InChI is InChI=1S/C16H24N2O2S/c1-21(19,20)16-7-5-12(6-8-16)11-18-14-3-2-4-15(18)10-13(17)9-14/h5-8,13-15H,2-4,9-11,17H2,1H3. The van der Waals surface area contributed by atoms with Gasteiger partial charge >= 0.3 is 0 Å². The molecule has 2 aliphatic heterocycles. The van der Waals surface area contributed by atoms with Crippen molar-refractivity contribution in [1.82, 2.24) is 4.90 Å². The largest absolute Gasteiger partial charge is 0.328 e. The van der Waals surface area contributed by atoms with E-state index < -0.39 is 9.84 Å². The molecule has 2 fully saturated rings. The van der Waals surface area contributed by atoms with E-state index in [2.05, 4.69) is 4.90 Å². The number of benzene rings is 1. The highest BCUT2D eigenvalue weighted by Gasteiger charge is 2.36. The Hall–Kier alpha value is -0.910. The third-order valence-electron chi connectivity index (χ3n) is 4.88. The molecule has 0 saturated carbocycles. The number of hydrogen-bond donors (Lipinski definition) is 1. The first kappa shape index (κ1) is 15.0. The van der Waals surface area contributed by atoms with E-state index in [1.807, 2.05) is 12.1 Å². The van der Waals surface area contributed by atoms with Crippen LogP contribution in [0.3, 0.4) is 0 Å². The minimum Gasteiger partial charge on any atom is -0.328 e. The van der Waals surface area contributed by atoms with E-state index >= 15 is 0 Å². The zero-order valence-corrected chi connectivity index (χ0v) is 13.3. The lowest BCUT2D eigenvalue weighted by Crippen LogP contribution is -2.54. The van der Waals surface area contributed by atoms with Gasteiger partial charge in [-0.1, -0.05) is 18.6 Å². The van der Waals surface area contributed by atoms with Gasteiger partial charge in [0.15, 0.2) is 9.84 Å². The van der Waals surface area contributed by atoms with Crippen molar-refractivity contribution >= 4 is 9.84 Å². The first-order valence-electron chi connectivity index (χ1n) is 7.74. The van der Waals surface area contributed by atoms with Gasteiger partial charge in [0.2, 0.25) is 0 Å². The Morgan fingerprint density at radius 1 is 1.14 bits per heavy atom. The van der Waals surface area contributed by atoms with Crippen LogP contribution in [0, 0.1) is 0 Å². The molecule has 2 heterocycles. The smallest absolute Gasteiger partial charge is 0.175 e. The summed E-state index contributed by atoms with van der Waals surface area (Å²) >= 11 is 0. The highest BCUT2D eigenvalue weighted by atomic mass is 32.2. The highest BCUT2D eigenvalue weighted by molar-refractivity contribution is 7.90. The molecule has 0 radical (unpaired) electrons. The maximum absolute atomic E-state index is 11.5. The van der Waals surface area contributed by atoms with Crippen LogP contribution in [-0.4, -0.2) is 37.7 Å². The normalized spacial score (nSPS) is 30.3. The van der Waals surface area contributed by atoms with Gasteiger partial charge in [0.1, 0.15) is 0 Å². The van der Waals surface area contributed by atoms with Crippen molar-refractivity contribution < 1.29 is 8.42 Å². The summed E-state index contributed by atoms with van der Waals surface area (Å²) in [5, 5.41) is 0. The van der Waals surface area contributed by atoms with Gasteiger partial charge in [-0.2, -0.15) is 0 Å². The summed E-state index contributed by atoms with van der Waals surface area (Å²) in [6, 6.07) is 8.88. The molecule has 1 aromatic carbocycles. The molecule has 0 amide bonds. The number of rotatable bonds is 3. The molecule has 2 unspecified atom stereocenters. The summed E-state index contributed by atoms with van der Waals surface area (Å²) in [6.07, 6.45) is 7.23. The van der Waals surface area contributed by atoms with Gasteiger partial charge in [-0.3, -0.25) is 4.90 Å². The fourth-order valence-corrected chi connectivity index (χ4v) is 4.46.